The molecule has 0 atom stereocenters. The average Bonchev–Trinajstić information content (AvgIpc) is 3.22. The van der Waals surface area contributed by atoms with Crippen LogP contribution in [0.1, 0.15) is 37.6 Å². The highest BCUT2D eigenvalue weighted by Crippen LogP contribution is 2.27. The Morgan fingerprint density at radius 3 is 2.67 bits per heavy atom. The molecule has 3 rings (SSSR count). The number of halogens is 1. The number of amides is 2. The van der Waals surface area contributed by atoms with E-state index in [1.807, 2.05) is 13.0 Å². The van der Waals surface area contributed by atoms with E-state index in [4.69, 9.17) is 0 Å². The van der Waals surface area contributed by atoms with Crippen LogP contribution in [0.15, 0.2) is 36.4 Å². The summed E-state index contributed by atoms with van der Waals surface area (Å²) in [6, 6.07) is 10.2. The minimum absolute atomic E-state index is 0.116. The summed E-state index contributed by atoms with van der Waals surface area (Å²) in [5.41, 5.74) is 1.37. The van der Waals surface area contributed by atoms with E-state index in [0.717, 1.165) is 15.4 Å². The van der Waals surface area contributed by atoms with Gasteiger partial charge in [0.2, 0.25) is 5.91 Å². The zero-order valence-electron chi connectivity index (χ0n) is 14.8. The summed E-state index contributed by atoms with van der Waals surface area (Å²) in [6.45, 7) is 3.69. The Bertz CT molecular complexity index is 981. The first-order valence-corrected chi connectivity index (χ1v) is 9.90. The third-order valence-corrected chi connectivity index (χ3v) is 5.98. The molecule has 0 fully saturated rings. The number of nitrogens with one attached hydrogen (secondary N) is 2. The molecule has 5 nitrogen and oxygen atoms in total. The highest BCUT2D eigenvalue weighted by Gasteiger charge is 2.15. The van der Waals surface area contributed by atoms with Crippen LogP contribution in [0, 0.1) is 12.7 Å². The summed E-state index contributed by atoms with van der Waals surface area (Å²) in [7, 11) is 0. The van der Waals surface area contributed by atoms with Gasteiger partial charge in [-0.05, 0) is 30.7 Å². The predicted molar refractivity (Wildman–Crippen MR) is 106 cm³/mol. The molecule has 8 heteroatoms. The van der Waals surface area contributed by atoms with Crippen LogP contribution in [-0.2, 0) is 17.8 Å². The first kappa shape index (κ1) is 19.2. The molecular weight excluding hydrogens is 385 g/mol. The Kier molecular flexibility index (Phi) is 5.98. The quantitative estimate of drug-likeness (QED) is 0.650. The molecule has 0 radical (unpaired) electrons. The van der Waals surface area contributed by atoms with E-state index in [0.29, 0.717) is 28.5 Å². The maximum atomic E-state index is 13.8. The second-order valence-electron chi connectivity index (χ2n) is 5.93. The molecule has 1 aromatic carbocycles. The first-order valence-electron chi connectivity index (χ1n) is 8.26. The van der Waals surface area contributed by atoms with Crippen molar-refractivity contribution in [1.82, 2.24) is 10.3 Å². The smallest absolute Gasteiger partial charge is 0.267 e. The summed E-state index contributed by atoms with van der Waals surface area (Å²) in [5.74, 6) is -0.614. The molecule has 0 saturated heterocycles. The van der Waals surface area contributed by atoms with Gasteiger partial charge in [-0.15, -0.1) is 22.7 Å². The molecule has 27 heavy (non-hydrogen) atoms. The van der Waals surface area contributed by atoms with E-state index in [1.54, 1.807) is 24.3 Å². The van der Waals surface area contributed by atoms with Gasteiger partial charge in [-0.25, -0.2) is 9.37 Å². The number of hydrogen-bond donors (Lipinski definition) is 2. The fourth-order valence-corrected chi connectivity index (χ4v) is 4.25. The number of thiazole rings is 1. The van der Waals surface area contributed by atoms with Gasteiger partial charge in [0.1, 0.15) is 5.82 Å². The van der Waals surface area contributed by atoms with Crippen LogP contribution in [0.3, 0.4) is 0 Å². The van der Waals surface area contributed by atoms with Crippen molar-refractivity contribution in [2.75, 3.05) is 5.32 Å². The molecule has 140 valence electrons. The lowest BCUT2D eigenvalue weighted by Gasteiger charge is -2.01. The second kappa shape index (κ2) is 8.41. The highest BCUT2D eigenvalue weighted by atomic mass is 32.1. The van der Waals surface area contributed by atoms with E-state index >= 15 is 0 Å². The average molecular weight is 404 g/mol. The number of carbonyl (C=O) groups is 2. The van der Waals surface area contributed by atoms with Crippen molar-refractivity contribution in [3.8, 4) is 0 Å². The van der Waals surface area contributed by atoms with Crippen LogP contribution in [0.4, 0.5) is 9.52 Å². The van der Waals surface area contributed by atoms with Gasteiger partial charge in [0.15, 0.2) is 5.13 Å². The minimum Gasteiger partial charge on any atom is -0.351 e. The standard InChI is InChI=1S/C19H18FN3O2S2/c1-11-17(9-13-5-3-4-6-15(13)20)27-19(22-11)23-18(25)16-8-7-14(26-16)10-21-12(2)24/h3-8H,9-10H2,1-2H3,(H,21,24)(H,22,23,25). The van der Waals surface area contributed by atoms with Gasteiger partial charge < -0.3 is 5.32 Å². The molecular formula is C19H18FN3O2S2. The fourth-order valence-electron chi connectivity index (χ4n) is 2.43. The number of aryl methyl sites for hydroxylation is 1. The molecule has 2 N–H and O–H groups in total. The lowest BCUT2D eigenvalue weighted by atomic mass is 10.1. The maximum Gasteiger partial charge on any atom is 0.267 e. The molecule has 0 bridgehead atoms. The fraction of sp³-hybridized carbons (Fsp3) is 0.211. The number of carbonyl (C=O) groups excluding carboxylic acids is 2. The van der Waals surface area contributed by atoms with E-state index in [1.165, 1.54) is 35.7 Å². The Labute approximate surface area is 164 Å². The van der Waals surface area contributed by atoms with Gasteiger partial charge in [0, 0.05) is 23.1 Å². The predicted octanol–water partition coefficient (Wildman–Crippen LogP) is 4.13. The molecule has 2 amide bonds. The molecule has 0 aliphatic carbocycles. The zero-order valence-corrected chi connectivity index (χ0v) is 16.5. The summed E-state index contributed by atoms with van der Waals surface area (Å²) in [6.07, 6.45) is 0.436. The van der Waals surface area contributed by atoms with Crippen molar-refractivity contribution >= 4 is 39.6 Å². The topological polar surface area (TPSA) is 71.1 Å². The molecule has 0 aliphatic rings. The third kappa shape index (κ3) is 4.99. The van der Waals surface area contributed by atoms with E-state index in [9.17, 15) is 14.0 Å². The second-order valence-corrected chi connectivity index (χ2v) is 8.18. The van der Waals surface area contributed by atoms with Crippen molar-refractivity contribution < 1.29 is 14.0 Å². The van der Waals surface area contributed by atoms with Crippen molar-refractivity contribution in [3.05, 3.63) is 68.1 Å². The summed E-state index contributed by atoms with van der Waals surface area (Å²) in [4.78, 5) is 30.1. The molecule has 0 aliphatic heterocycles. The Morgan fingerprint density at radius 1 is 1.15 bits per heavy atom. The van der Waals surface area contributed by atoms with Crippen molar-refractivity contribution in [1.29, 1.82) is 0 Å². The summed E-state index contributed by atoms with van der Waals surface area (Å²) >= 11 is 2.66. The number of rotatable bonds is 6. The Hall–Kier alpha value is -2.58. The Morgan fingerprint density at radius 2 is 1.93 bits per heavy atom. The molecule has 2 aromatic heterocycles. The monoisotopic (exact) mass is 403 g/mol. The van der Waals surface area contributed by atoms with Crippen molar-refractivity contribution in [2.24, 2.45) is 0 Å². The third-order valence-electron chi connectivity index (χ3n) is 3.82. The van der Waals surface area contributed by atoms with E-state index in [-0.39, 0.29) is 17.6 Å². The van der Waals surface area contributed by atoms with Crippen molar-refractivity contribution in [3.63, 3.8) is 0 Å². The molecule has 0 saturated carbocycles. The zero-order chi connectivity index (χ0) is 19.4. The summed E-state index contributed by atoms with van der Waals surface area (Å²) in [5, 5.41) is 5.98. The van der Waals surface area contributed by atoms with Crippen LogP contribution in [0.25, 0.3) is 0 Å². The molecule has 0 unspecified atom stereocenters. The lowest BCUT2D eigenvalue weighted by molar-refractivity contribution is -0.119. The van der Waals surface area contributed by atoms with Gasteiger partial charge in [-0.1, -0.05) is 18.2 Å². The number of aromatic nitrogens is 1. The first-order chi connectivity index (χ1) is 12.9. The van der Waals surface area contributed by atoms with Crippen LogP contribution in [0.2, 0.25) is 0 Å². The summed E-state index contributed by atoms with van der Waals surface area (Å²) < 4.78 is 13.8. The van der Waals surface area contributed by atoms with Gasteiger partial charge in [0.05, 0.1) is 17.1 Å². The number of hydrogen-bond acceptors (Lipinski definition) is 5. The molecule has 0 spiro atoms. The van der Waals surface area contributed by atoms with Gasteiger partial charge in [-0.2, -0.15) is 0 Å². The Balaban J connectivity index is 1.67. The minimum atomic E-state index is -0.250. The highest BCUT2D eigenvalue weighted by molar-refractivity contribution is 7.16. The number of thiophene rings is 1. The maximum absolute atomic E-state index is 13.8. The number of benzene rings is 1. The largest absolute Gasteiger partial charge is 0.351 e. The molecule has 2 heterocycles. The normalized spacial score (nSPS) is 10.6. The van der Waals surface area contributed by atoms with Crippen LogP contribution in [-0.4, -0.2) is 16.8 Å². The van der Waals surface area contributed by atoms with Crippen LogP contribution in [0.5, 0.6) is 0 Å². The van der Waals surface area contributed by atoms with Gasteiger partial charge in [-0.3, -0.25) is 14.9 Å². The lowest BCUT2D eigenvalue weighted by Crippen LogP contribution is -2.18. The number of nitrogens with zero attached hydrogens (tertiary/aromatic N) is 1. The van der Waals surface area contributed by atoms with E-state index in [2.05, 4.69) is 15.6 Å². The van der Waals surface area contributed by atoms with Gasteiger partial charge >= 0.3 is 0 Å². The molecule has 3 aromatic rings. The van der Waals surface area contributed by atoms with Crippen LogP contribution < -0.4 is 10.6 Å². The van der Waals surface area contributed by atoms with E-state index < -0.39 is 0 Å². The number of anilines is 1. The van der Waals surface area contributed by atoms with Crippen LogP contribution >= 0.6 is 22.7 Å². The SMILES string of the molecule is CC(=O)NCc1ccc(C(=O)Nc2nc(C)c(Cc3ccccc3F)s2)s1. The van der Waals surface area contributed by atoms with Crippen molar-refractivity contribution in [2.45, 2.75) is 26.8 Å². The van der Waals surface area contributed by atoms with Gasteiger partial charge in [0.25, 0.3) is 5.91 Å².